The van der Waals surface area contributed by atoms with Gasteiger partial charge in [0.1, 0.15) is 6.17 Å². The molecule has 0 saturated carbocycles. The Morgan fingerprint density at radius 3 is 2.27 bits per heavy atom. The number of halogens is 1. The molecule has 2 heterocycles. The molecule has 0 aromatic carbocycles. The monoisotopic (exact) mass is 214 g/mol. The Balaban J connectivity index is 1.87. The predicted molar refractivity (Wildman–Crippen MR) is 60.8 cm³/mol. The summed E-state index contributed by atoms with van der Waals surface area (Å²) in [6.07, 6.45) is 1.38. The van der Waals surface area contributed by atoms with Crippen LogP contribution in [0.25, 0.3) is 0 Å². The van der Waals surface area contributed by atoms with Crippen molar-refractivity contribution >= 4 is 0 Å². The first-order valence-corrected chi connectivity index (χ1v) is 6.10. The van der Waals surface area contributed by atoms with Crippen LogP contribution >= 0.6 is 0 Å². The lowest BCUT2D eigenvalue weighted by molar-refractivity contribution is 0.150. The van der Waals surface area contributed by atoms with Crippen molar-refractivity contribution in [2.75, 3.05) is 26.2 Å². The summed E-state index contributed by atoms with van der Waals surface area (Å²) in [5.41, 5.74) is 0.267. The zero-order valence-electron chi connectivity index (χ0n) is 10.2. The summed E-state index contributed by atoms with van der Waals surface area (Å²) in [5, 5.41) is 0. The van der Waals surface area contributed by atoms with Gasteiger partial charge in [0.2, 0.25) is 0 Å². The van der Waals surface area contributed by atoms with E-state index in [-0.39, 0.29) is 5.54 Å². The third kappa shape index (κ3) is 2.51. The van der Waals surface area contributed by atoms with Gasteiger partial charge < -0.3 is 0 Å². The van der Waals surface area contributed by atoms with Crippen LogP contribution < -0.4 is 0 Å². The quantitative estimate of drug-likeness (QED) is 0.658. The average Bonchev–Trinajstić information content (AvgIpc) is 2.69. The van der Waals surface area contributed by atoms with E-state index in [1.54, 1.807) is 0 Å². The highest BCUT2D eigenvalue weighted by Crippen LogP contribution is 2.26. The molecule has 2 fully saturated rings. The highest BCUT2D eigenvalue weighted by atomic mass is 19.1. The van der Waals surface area contributed by atoms with Gasteiger partial charge in [0.25, 0.3) is 0 Å². The molecule has 0 unspecified atom stereocenters. The third-order valence-corrected chi connectivity index (χ3v) is 3.79. The second-order valence-electron chi connectivity index (χ2n) is 5.94. The second-order valence-corrected chi connectivity index (χ2v) is 5.94. The Morgan fingerprint density at radius 2 is 1.80 bits per heavy atom. The van der Waals surface area contributed by atoms with Crippen molar-refractivity contribution in [1.82, 2.24) is 9.80 Å². The number of likely N-dealkylation sites (tertiary alicyclic amines) is 2. The van der Waals surface area contributed by atoms with Gasteiger partial charge in [-0.25, -0.2) is 4.39 Å². The molecule has 2 saturated heterocycles. The molecule has 15 heavy (non-hydrogen) atoms. The number of nitrogens with zero attached hydrogens (tertiary/aromatic N) is 2. The maximum absolute atomic E-state index is 13.1. The molecule has 88 valence electrons. The molecule has 2 atom stereocenters. The molecule has 2 aliphatic heterocycles. The molecule has 0 amide bonds. The molecule has 3 heteroatoms. The fourth-order valence-electron chi connectivity index (χ4n) is 2.72. The van der Waals surface area contributed by atoms with E-state index in [9.17, 15) is 4.39 Å². The minimum atomic E-state index is -0.575. The van der Waals surface area contributed by atoms with E-state index < -0.39 is 6.17 Å². The van der Waals surface area contributed by atoms with E-state index in [1.807, 2.05) is 0 Å². The van der Waals surface area contributed by atoms with Gasteiger partial charge in [-0.2, -0.15) is 0 Å². The zero-order valence-corrected chi connectivity index (χ0v) is 10.2. The lowest BCUT2D eigenvalue weighted by Gasteiger charge is -2.32. The van der Waals surface area contributed by atoms with E-state index in [0.29, 0.717) is 12.6 Å². The molecule has 0 aromatic rings. The van der Waals surface area contributed by atoms with Crippen LogP contribution in [0.2, 0.25) is 0 Å². The lowest BCUT2D eigenvalue weighted by Crippen LogP contribution is -2.42. The lowest BCUT2D eigenvalue weighted by atomic mass is 10.1. The van der Waals surface area contributed by atoms with E-state index in [4.69, 9.17) is 0 Å². The number of hydrogen-bond acceptors (Lipinski definition) is 2. The summed E-state index contributed by atoms with van der Waals surface area (Å²) >= 11 is 0. The van der Waals surface area contributed by atoms with Gasteiger partial charge in [-0.1, -0.05) is 0 Å². The molecule has 0 aliphatic carbocycles. The highest BCUT2D eigenvalue weighted by molar-refractivity contribution is 4.92. The fraction of sp³-hybridized carbons (Fsp3) is 1.00. The SMILES string of the molecule is CC(C)(C)N1CC[C@H](N2CC[C@@H](F)C2)C1. The smallest absolute Gasteiger partial charge is 0.114 e. The van der Waals surface area contributed by atoms with Gasteiger partial charge >= 0.3 is 0 Å². The van der Waals surface area contributed by atoms with Crippen molar-refractivity contribution in [3.05, 3.63) is 0 Å². The largest absolute Gasteiger partial charge is 0.297 e. The van der Waals surface area contributed by atoms with Crippen molar-refractivity contribution < 1.29 is 4.39 Å². The summed E-state index contributed by atoms with van der Waals surface area (Å²) in [6, 6.07) is 0.602. The molecule has 0 bridgehead atoms. The van der Waals surface area contributed by atoms with Crippen molar-refractivity contribution in [2.24, 2.45) is 0 Å². The Labute approximate surface area is 92.4 Å². The number of alkyl halides is 1. The molecular weight excluding hydrogens is 191 g/mol. The second kappa shape index (κ2) is 4.02. The van der Waals surface area contributed by atoms with Crippen LogP contribution in [-0.2, 0) is 0 Å². The molecule has 0 radical (unpaired) electrons. The molecule has 2 rings (SSSR count). The van der Waals surface area contributed by atoms with Crippen molar-refractivity contribution in [3.63, 3.8) is 0 Å². The maximum Gasteiger partial charge on any atom is 0.114 e. The summed E-state index contributed by atoms with van der Waals surface area (Å²) in [4.78, 5) is 4.86. The fourth-order valence-corrected chi connectivity index (χ4v) is 2.72. The van der Waals surface area contributed by atoms with Gasteiger partial charge in [-0.05, 0) is 33.6 Å². The van der Waals surface area contributed by atoms with Gasteiger partial charge in [0, 0.05) is 37.8 Å². The van der Waals surface area contributed by atoms with Crippen LogP contribution in [0.3, 0.4) is 0 Å². The van der Waals surface area contributed by atoms with Crippen LogP contribution in [0, 0.1) is 0 Å². The first-order valence-electron chi connectivity index (χ1n) is 6.10. The standard InChI is InChI=1S/C12H23FN2/c1-12(2,3)15-7-5-11(9-15)14-6-4-10(13)8-14/h10-11H,4-9H2,1-3H3/t10-,11+/m1/s1. The Bertz CT molecular complexity index is 224. The number of hydrogen-bond donors (Lipinski definition) is 0. The normalized spacial score (nSPS) is 35.2. The van der Waals surface area contributed by atoms with Crippen LogP contribution in [0.4, 0.5) is 4.39 Å². The minimum Gasteiger partial charge on any atom is -0.297 e. The van der Waals surface area contributed by atoms with Crippen LogP contribution in [0.15, 0.2) is 0 Å². The van der Waals surface area contributed by atoms with Gasteiger partial charge in [-0.15, -0.1) is 0 Å². The van der Waals surface area contributed by atoms with Crippen LogP contribution in [-0.4, -0.2) is 53.7 Å². The highest BCUT2D eigenvalue weighted by Gasteiger charge is 2.35. The van der Waals surface area contributed by atoms with Gasteiger partial charge in [-0.3, -0.25) is 9.80 Å². The van der Waals surface area contributed by atoms with E-state index >= 15 is 0 Å². The third-order valence-electron chi connectivity index (χ3n) is 3.79. The van der Waals surface area contributed by atoms with Crippen LogP contribution in [0.5, 0.6) is 0 Å². The first kappa shape index (κ1) is 11.3. The summed E-state index contributed by atoms with van der Waals surface area (Å²) < 4.78 is 13.1. The Hall–Kier alpha value is -0.150. The Kier molecular flexibility index (Phi) is 3.04. The summed E-state index contributed by atoms with van der Waals surface area (Å²) in [7, 11) is 0. The van der Waals surface area contributed by atoms with E-state index in [0.717, 1.165) is 19.5 Å². The van der Waals surface area contributed by atoms with Crippen molar-refractivity contribution in [3.8, 4) is 0 Å². The molecular formula is C12H23FN2. The molecule has 0 aromatic heterocycles. The van der Waals surface area contributed by atoms with E-state index in [1.165, 1.54) is 13.0 Å². The Morgan fingerprint density at radius 1 is 1.07 bits per heavy atom. The maximum atomic E-state index is 13.1. The van der Waals surface area contributed by atoms with Crippen LogP contribution in [0.1, 0.15) is 33.6 Å². The zero-order chi connectivity index (χ0) is 11.1. The van der Waals surface area contributed by atoms with Crippen molar-refractivity contribution in [2.45, 2.75) is 51.4 Å². The van der Waals surface area contributed by atoms with Gasteiger partial charge in [0.15, 0.2) is 0 Å². The summed E-state index contributed by atoms with van der Waals surface area (Å²) in [5.74, 6) is 0. The van der Waals surface area contributed by atoms with Gasteiger partial charge in [0.05, 0.1) is 0 Å². The molecule has 0 spiro atoms. The average molecular weight is 214 g/mol. The van der Waals surface area contributed by atoms with E-state index in [2.05, 4.69) is 30.6 Å². The molecule has 2 nitrogen and oxygen atoms in total. The van der Waals surface area contributed by atoms with Crippen molar-refractivity contribution in [1.29, 1.82) is 0 Å². The number of rotatable bonds is 1. The summed E-state index contributed by atoms with van der Waals surface area (Å²) in [6.45, 7) is 10.7. The molecule has 0 N–H and O–H groups in total. The topological polar surface area (TPSA) is 6.48 Å². The minimum absolute atomic E-state index is 0.267. The first-order chi connectivity index (χ1) is 6.97. The molecule has 2 aliphatic rings. The predicted octanol–water partition coefficient (Wildman–Crippen LogP) is 1.90.